The number of carboxylic acid groups (broad SMARTS) is 1. The number of carbonyl (C=O) groups excluding carboxylic acids is 1. The molecule has 0 saturated heterocycles. The van der Waals surface area contributed by atoms with Crippen molar-refractivity contribution >= 4 is 11.9 Å². The van der Waals surface area contributed by atoms with E-state index in [0.717, 1.165) is 19.3 Å². The summed E-state index contributed by atoms with van der Waals surface area (Å²) >= 11 is 0. The lowest BCUT2D eigenvalue weighted by molar-refractivity contribution is -0.144. The van der Waals surface area contributed by atoms with Crippen LogP contribution in [0.5, 0.6) is 0 Å². The first-order valence-electron chi connectivity index (χ1n) is 8.02. The van der Waals surface area contributed by atoms with Crippen LogP contribution in [-0.4, -0.2) is 23.0 Å². The van der Waals surface area contributed by atoms with Gasteiger partial charge in [-0.1, -0.05) is 26.7 Å². The van der Waals surface area contributed by atoms with Crippen molar-refractivity contribution in [2.24, 2.45) is 23.7 Å². The lowest BCUT2D eigenvalue weighted by Crippen LogP contribution is -2.46. The van der Waals surface area contributed by atoms with Crippen molar-refractivity contribution in [3.05, 3.63) is 0 Å². The molecule has 3 atom stereocenters. The minimum atomic E-state index is -0.710. The van der Waals surface area contributed by atoms with Gasteiger partial charge >= 0.3 is 5.97 Å². The van der Waals surface area contributed by atoms with E-state index >= 15 is 0 Å². The number of rotatable bonds is 3. The Balaban J connectivity index is 1.82. The van der Waals surface area contributed by atoms with E-state index in [4.69, 9.17) is 5.11 Å². The summed E-state index contributed by atoms with van der Waals surface area (Å²) < 4.78 is 0. The highest BCUT2D eigenvalue weighted by molar-refractivity contribution is 5.79. The highest BCUT2D eigenvalue weighted by atomic mass is 16.4. The molecule has 2 aliphatic rings. The summed E-state index contributed by atoms with van der Waals surface area (Å²) in [5.41, 5.74) is 0. The second kappa shape index (κ2) is 6.59. The number of hydrogen-bond donors (Lipinski definition) is 2. The summed E-state index contributed by atoms with van der Waals surface area (Å²) in [5.74, 6) is 0.445. The van der Waals surface area contributed by atoms with Crippen molar-refractivity contribution in [1.82, 2.24) is 5.32 Å². The van der Waals surface area contributed by atoms with E-state index in [0.29, 0.717) is 30.7 Å². The van der Waals surface area contributed by atoms with Crippen LogP contribution in [0.25, 0.3) is 0 Å². The third-order valence-electron chi connectivity index (χ3n) is 5.48. The molecule has 2 rings (SSSR count). The van der Waals surface area contributed by atoms with E-state index in [-0.39, 0.29) is 17.7 Å². The van der Waals surface area contributed by atoms with Gasteiger partial charge < -0.3 is 10.4 Å². The summed E-state index contributed by atoms with van der Waals surface area (Å²) in [6.07, 6.45) is 6.27. The molecule has 4 nitrogen and oxygen atoms in total. The van der Waals surface area contributed by atoms with Crippen LogP contribution >= 0.6 is 0 Å². The monoisotopic (exact) mass is 281 g/mol. The molecule has 0 aliphatic heterocycles. The van der Waals surface area contributed by atoms with Gasteiger partial charge in [0.15, 0.2) is 0 Å². The molecule has 0 radical (unpaired) electrons. The molecule has 0 heterocycles. The maximum Gasteiger partial charge on any atom is 0.306 e. The second-order valence-electron chi connectivity index (χ2n) is 6.77. The number of nitrogens with one attached hydrogen (secondary N) is 1. The molecule has 2 fully saturated rings. The summed E-state index contributed by atoms with van der Waals surface area (Å²) in [4.78, 5) is 23.3. The zero-order valence-electron chi connectivity index (χ0n) is 12.6. The van der Waals surface area contributed by atoms with Gasteiger partial charge in [-0.25, -0.2) is 0 Å². The molecular weight excluding hydrogens is 254 g/mol. The maximum absolute atomic E-state index is 12.3. The second-order valence-corrected chi connectivity index (χ2v) is 6.77. The predicted molar refractivity (Wildman–Crippen MR) is 77.2 cm³/mol. The topological polar surface area (TPSA) is 66.4 Å². The van der Waals surface area contributed by atoms with E-state index < -0.39 is 5.97 Å². The van der Waals surface area contributed by atoms with Gasteiger partial charge in [-0.05, 0) is 43.9 Å². The smallest absolute Gasteiger partial charge is 0.306 e. The maximum atomic E-state index is 12.3. The Morgan fingerprint density at radius 2 is 1.55 bits per heavy atom. The van der Waals surface area contributed by atoms with Crippen LogP contribution in [0.3, 0.4) is 0 Å². The van der Waals surface area contributed by atoms with Gasteiger partial charge in [0.1, 0.15) is 0 Å². The van der Waals surface area contributed by atoms with Gasteiger partial charge in [-0.3, -0.25) is 9.59 Å². The molecule has 2 saturated carbocycles. The van der Waals surface area contributed by atoms with Crippen LogP contribution in [-0.2, 0) is 9.59 Å². The van der Waals surface area contributed by atoms with Crippen molar-refractivity contribution in [2.75, 3.05) is 0 Å². The van der Waals surface area contributed by atoms with Gasteiger partial charge in [-0.2, -0.15) is 0 Å². The average molecular weight is 281 g/mol. The Kier molecular flexibility index (Phi) is 5.06. The standard InChI is InChI=1S/C16H27NO3/c1-10-4-3-5-14(11(10)2)17-15(18)12-6-8-13(9-7-12)16(19)20/h10-14H,3-9H2,1-2H3,(H,17,18)(H,19,20). The van der Waals surface area contributed by atoms with E-state index in [1.54, 1.807) is 0 Å². The van der Waals surface area contributed by atoms with E-state index in [2.05, 4.69) is 19.2 Å². The number of amides is 1. The molecule has 114 valence electrons. The number of carbonyl (C=O) groups is 2. The minimum absolute atomic E-state index is 0.0232. The van der Waals surface area contributed by atoms with E-state index in [9.17, 15) is 9.59 Å². The molecule has 2 N–H and O–H groups in total. The van der Waals surface area contributed by atoms with Crippen molar-refractivity contribution < 1.29 is 14.7 Å². The molecule has 0 bridgehead atoms. The fraction of sp³-hybridized carbons (Fsp3) is 0.875. The lowest BCUT2D eigenvalue weighted by atomic mass is 9.77. The fourth-order valence-electron chi connectivity index (χ4n) is 3.69. The van der Waals surface area contributed by atoms with Crippen LogP contribution in [0.1, 0.15) is 58.8 Å². The number of carboxylic acids is 1. The fourth-order valence-corrected chi connectivity index (χ4v) is 3.69. The summed E-state index contributed by atoms with van der Waals surface area (Å²) in [6.45, 7) is 4.50. The van der Waals surface area contributed by atoms with Crippen molar-refractivity contribution in [1.29, 1.82) is 0 Å². The van der Waals surface area contributed by atoms with Crippen LogP contribution in [0.4, 0.5) is 0 Å². The zero-order valence-corrected chi connectivity index (χ0v) is 12.6. The average Bonchev–Trinajstić information content (AvgIpc) is 2.44. The third kappa shape index (κ3) is 3.53. The van der Waals surface area contributed by atoms with Gasteiger partial charge in [0.2, 0.25) is 5.91 Å². The summed E-state index contributed by atoms with van der Waals surface area (Å²) in [6, 6.07) is 0.309. The first-order valence-corrected chi connectivity index (χ1v) is 8.02. The van der Waals surface area contributed by atoms with Crippen molar-refractivity contribution in [2.45, 2.75) is 64.8 Å². The van der Waals surface area contributed by atoms with Gasteiger partial charge in [0.05, 0.1) is 5.92 Å². The summed E-state index contributed by atoms with van der Waals surface area (Å²) in [7, 11) is 0. The SMILES string of the molecule is CC1CCCC(NC(=O)C2CCC(C(=O)O)CC2)C1C. The van der Waals surface area contributed by atoms with Gasteiger partial charge in [-0.15, -0.1) is 0 Å². The lowest BCUT2D eigenvalue weighted by Gasteiger charge is -2.36. The molecule has 4 heteroatoms. The van der Waals surface area contributed by atoms with Crippen molar-refractivity contribution in [3.8, 4) is 0 Å². The van der Waals surface area contributed by atoms with Gasteiger partial charge in [0.25, 0.3) is 0 Å². The van der Waals surface area contributed by atoms with Crippen LogP contribution in [0.15, 0.2) is 0 Å². The Morgan fingerprint density at radius 3 is 2.15 bits per heavy atom. The molecule has 0 aromatic rings. The zero-order chi connectivity index (χ0) is 14.7. The molecule has 3 unspecified atom stereocenters. The van der Waals surface area contributed by atoms with Crippen LogP contribution < -0.4 is 5.32 Å². The molecule has 0 spiro atoms. The highest BCUT2D eigenvalue weighted by Gasteiger charge is 2.33. The quantitative estimate of drug-likeness (QED) is 0.836. The van der Waals surface area contributed by atoms with E-state index in [1.807, 2.05) is 0 Å². The number of hydrogen-bond acceptors (Lipinski definition) is 2. The molecule has 1 amide bonds. The van der Waals surface area contributed by atoms with Crippen LogP contribution in [0, 0.1) is 23.7 Å². The minimum Gasteiger partial charge on any atom is -0.481 e. The number of aliphatic carboxylic acids is 1. The Hall–Kier alpha value is -1.06. The molecular formula is C16H27NO3. The Bertz CT molecular complexity index is 361. The molecule has 20 heavy (non-hydrogen) atoms. The first kappa shape index (κ1) is 15.3. The highest BCUT2D eigenvalue weighted by Crippen LogP contribution is 2.32. The van der Waals surface area contributed by atoms with Crippen LogP contribution in [0.2, 0.25) is 0 Å². The predicted octanol–water partition coefficient (Wildman–Crippen LogP) is 2.82. The van der Waals surface area contributed by atoms with E-state index in [1.165, 1.54) is 12.8 Å². The Labute approximate surface area is 121 Å². The third-order valence-corrected chi connectivity index (χ3v) is 5.48. The molecule has 2 aliphatic carbocycles. The molecule has 0 aromatic carbocycles. The first-order chi connectivity index (χ1) is 9.49. The largest absolute Gasteiger partial charge is 0.481 e. The Morgan fingerprint density at radius 1 is 0.950 bits per heavy atom. The normalized spacial score (nSPS) is 38.2. The summed E-state index contributed by atoms with van der Waals surface area (Å²) in [5, 5.41) is 12.2. The van der Waals surface area contributed by atoms with Crippen molar-refractivity contribution in [3.63, 3.8) is 0 Å². The molecule has 0 aromatic heterocycles. The van der Waals surface area contributed by atoms with Gasteiger partial charge in [0, 0.05) is 12.0 Å².